The zero-order valence-corrected chi connectivity index (χ0v) is 13.1. The molecule has 1 aromatic carbocycles. The van der Waals surface area contributed by atoms with E-state index in [0.29, 0.717) is 5.69 Å². The Balaban J connectivity index is 1.80. The lowest BCUT2D eigenvalue weighted by molar-refractivity contribution is 0.102. The molecular weight excluding hydrogens is 311 g/mol. The summed E-state index contributed by atoms with van der Waals surface area (Å²) in [6.07, 6.45) is 4.27. The number of hydrogen-bond donors (Lipinski definition) is 1. The largest absolute Gasteiger partial charge is 0.378 e. The average molecular weight is 326 g/mol. The molecule has 3 rings (SSSR count). The molecule has 7 nitrogen and oxygen atoms in total. The molecule has 0 saturated carbocycles. The molecule has 0 unspecified atom stereocenters. The number of pyridine rings is 1. The van der Waals surface area contributed by atoms with Crippen LogP contribution in [0.15, 0.2) is 49.2 Å². The van der Waals surface area contributed by atoms with Gasteiger partial charge in [0, 0.05) is 31.7 Å². The molecule has 1 N–H and O–H groups in total. The SMILES string of the molecule is CN(C)c1ccnc(C(=O)Nc2ccc(-n3cncn3)c(F)c2)c1. The summed E-state index contributed by atoms with van der Waals surface area (Å²) in [6, 6.07) is 7.79. The highest BCUT2D eigenvalue weighted by molar-refractivity contribution is 6.03. The Morgan fingerprint density at radius 3 is 2.75 bits per heavy atom. The van der Waals surface area contributed by atoms with Gasteiger partial charge in [-0.2, -0.15) is 5.10 Å². The maximum absolute atomic E-state index is 14.2. The molecule has 0 aliphatic carbocycles. The van der Waals surface area contributed by atoms with Gasteiger partial charge in [-0.25, -0.2) is 14.1 Å². The van der Waals surface area contributed by atoms with E-state index in [1.165, 1.54) is 29.5 Å². The molecule has 24 heavy (non-hydrogen) atoms. The number of nitrogens with zero attached hydrogens (tertiary/aromatic N) is 5. The Morgan fingerprint density at radius 1 is 1.25 bits per heavy atom. The normalized spacial score (nSPS) is 10.5. The monoisotopic (exact) mass is 326 g/mol. The Kier molecular flexibility index (Phi) is 4.19. The zero-order valence-electron chi connectivity index (χ0n) is 13.1. The van der Waals surface area contributed by atoms with Crippen LogP contribution in [0.2, 0.25) is 0 Å². The third-order valence-corrected chi connectivity index (χ3v) is 3.36. The van der Waals surface area contributed by atoms with Crippen LogP contribution < -0.4 is 10.2 Å². The molecule has 0 fully saturated rings. The summed E-state index contributed by atoms with van der Waals surface area (Å²) >= 11 is 0. The number of nitrogens with one attached hydrogen (secondary N) is 1. The van der Waals surface area contributed by atoms with E-state index < -0.39 is 11.7 Å². The standard InChI is InChI=1S/C16H15FN6O/c1-22(2)12-5-6-19-14(8-12)16(24)21-11-3-4-15(13(17)7-11)23-10-18-9-20-23/h3-10H,1-2H3,(H,21,24). The molecule has 8 heteroatoms. The Bertz CT molecular complexity index is 863. The molecule has 122 valence electrons. The van der Waals surface area contributed by atoms with E-state index in [1.54, 1.807) is 24.4 Å². The van der Waals surface area contributed by atoms with Crippen molar-refractivity contribution in [2.75, 3.05) is 24.3 Å². The molecule has 0 radical (unpaired) electrons. The lowest BCUT2D eigenvalue weighted by Crippen LogP contribution is -2.16. The van der Waals surface area contributed by atoms with E-state index >= 15 is 0 Å². The van der Waals surface area contributed by atoms with Gasteiger partial charge in [0.15, 0.2) is 5.82 Å². The number of carbonyl (C=O) groups is 1. The van der Waals surface area contributed by atoms with Gasteiger partial charge in [0.25, 0.3) is 5.91 Å². The maximum Gasteiger partial charge on any atom is 0.274 e. The molecule has 0 spiro atoms. The van der Waals surface area contributed by atoms with Crippen molar-refractivity contribution in [1.82, 2.24) is 19.7 Å². The molecule has 0 saturated heterocycles. The molecule has 3 aromatic rings. The molecule has 0 atom stereocenters. The third kappa shape index (κ3) is 3.22. The molecule has 0 aliphatic rings. The van der Waals surface area contributed by atoms with Crippen LogP contribution in [0.1, 0.15) is 10.5 Å². The van der Waals surface area contributed by atoms with Gasteiger partial charge in [-0.05, 0) is 30.3 Å². The first kappa shape index (κ1) is 15.6. The van der Waals surface area contributed by atoms with Crippen molar-refractivity contribution in [1.29, 1.82) is 0 Å². The van der Waals surface area contributed by atoms with Crippen LogP contribution in [0.4, 0.5) is 15.8 Å². The second-order valence-corrected chi connectivity index (χ2v) is 5.25. The number of hydrogen-bond acceptors (Lipinski definition) is 5. The van der Waals surface area contributed by atoms with Crippen molar-refractivity contribution < 1.29 is 9.18 Å². The van der Waals surface area contributed by atoms with Crippen LogP contribution >= 0.6 is 0 Å². The van der Waals surface area contributed by atoms with E-state index in [0.717, 1.165) is 5.69 Å². The quantitative estimate of drug-likeness (QED) is 0.795. The summed E-state index contributed by atoms with van der Waals surface area (Å²) < 4.78 is 15.5. The minimum Gasteiger partial charge on any atom is -0.378 e. The number of rotatable bonds is 4. The summed E-state index contributed by atoms with van der Waals surface area (Å²) in [4.78, 5) is 22.0. The Morgan fingerprint density at radius 2 is 2.08 bits per heavy atom. The number of carbonyl (C=O) groups excluding carboxylic acids is 1. The van der Waals surface area contributed by atoms with Crippen LogP contribution in [-0.2, 0) is 0 Å². The highest BCUT2D eigenvalue weighted by Crippen LogP contribution is 2.18. The zero-order chi connectivity index (χ0) is 17.1. The van der Waals surface area contributed by atoms with Gasteiger partial charge < -0.3 is 10.2 Å². The smallest absolute Gasteiger partial charge is 0.274 e. The highest BCUT2D eigenvalue weighted by Gasteiger charge is 2.12. The fourth-order valence-electron chi connectivity index (χ4n) is 2.12. The van der Waals surface area contributed by atoms with Crippen LogP contribution in [0.5, 0.6) is 0 Å². The van der Waals surface area contributed by atoms with Crippen LogP contribution in [0, 0.1) is 5.82 Å². The second kappa shape index (κ2) is 6.45. The summed E-state index contributed by atoms with van der Waals surface area (Å²) in [6.45, 7) is 0. The van der Waals surface area contributed by atoms with Gasteiger partial charge in [-0.15, -0.1) is 0 Å². The minimum absolute atomic E-state index is 0.248. The second-order valence-electron chi connectivity index (χ2n) is 5.25. The highest BCUT2D eigenvalue weighted by atomic mass is 19.1. The summed E-state index contributed by atoms with van der Waals surface area (Å²) in [5.41, 5.74) is 1.68. The number of aromatic nitrogens is 4. The Labute approximate surface area is 137 Å². The van der Waals surface area contributed by atoms with Crippen LogP contribution in [-0.4, -0.2) is 39.8 Å². The van der Waals surface area contributed by atoms with Crippen molar-refractivity contribution in [3.63, 3.8) is 0 Å². The molecule has 2 aromatic heterocycles. The van der Waals surface area contributed by atoms with Gasteiger partial charge >= 0.3 is 0 Å². The number of halogens is 1. The lowest BCUT2D eigenvalue weighted by atomic mass is 10.2. The minimum atomic E-state index is -0.520. The summed E-state index contributed by atoms with van der Waals surface area (Å²) in [5.74, 6) is -0.931. The van der Waals surface area contributed by atoms with E-state index in [1.807, 2.05) is 19.0 Å². The number of amides is 1. The van der Waals surface area contributed by atoms with Gasteiger partial charge in [-0.3, -0.25) is 9.78 Å². The van der Waals surface area contributed by atoms with Crippen molar-refractivity contribution in [2.45, 2.75) is 0 Å². The molecule has 0 aliphatic heterocycles. The lowest BCUT2D eigenvalue weighted by Gasteiger charge is -2.13. The molecule has 0 bridgehead atoms. The van der Waals surface area contributed by atoms with E-state index in [2.05, 4.69) is 20.4 Å². The van der Waals surface area contributed by atoms with Crippen molar-refractivity contribution >= 4 is 17.3 Å². The molecular formula is C16H15FN6O. The first-order valence-corrected chi connectivity index (χ1v) is 7.14. The van der Waals surface area contributed by atoms with E-state index in [-0.39, 0.29) is 11.4 Å². The van der Waals surface area contributed by atoms with Crippen molar-refractivity contribution in [3.8, 4) is 5.69 Å². The topological polar surface area (TPSA) is 75.9 Å². The van der Waals surface area contributed by atoms with Crippen LogP contribution in [0.3, 0.4) is 0 Å². The summed E-state index contributed by atoms with van der Waals surface area (Å²) in [7, 11) is 3.74. The summed E-state index contributed by atoms with van der Waals surface area (Å²) in [5, 5.41) is 6.51. The van der Waals surface area contributed by atoms with E-state index in [9.17, 15) is 9.18 Å². The van der Waals surface area contributed by atoms with Crippen LogP contribution in [0.25, 0.3) is 5.69 Å². The molecule has 2 heterocycles. The third-order valence-electron chi connectivity index (χ3n) is 3.36. The predicted octanol–water partition coefficient (Wildman–Crippen LogP) is 2.12. The van der Waals surface area contributed by atoms with Gasteiger partial charge in [0.2, 0.25) is 0 Å². The van der Waals surface area contributed by atoms with Crippen molar-refractivity contribution in [2.24, 2.45) is 0 Å². The number of anilines is 2. The molecule has 1 amide bonds. The maximum atomic E-state index is 14.2. The van der Waals surface area contributed by atoms with Gasteiger partial charge in [-0.1, -0.05) is 0 Å². The fraction of sp³-hybridized carbons (Fsp3) is 0.125. The fourth-order valence-corrected chi connectivity index (χ4v) is 2.12. The van der Waals surface area contributed by atoms with Gasteiger partial charge in [0.1, 0.15) is 24.0 Å². The average Bonchev–Trinajstić information content (AvgIpc) is 3.09. The predicted molar refractivity (Wildman–Crippen MR) is 87.8 cm³/mol. The first-order valence-electron chi connectivity index (χ1n) is 7.14. The van der Waals surface area contributed by atoms with Gasteiger partial charge in [0.05, 0.1) is 0 Å². The first-order chi connectivity index (χ1) is 11.5. The van der Waals surface area contributed by atoms with Crippen molar-refractivity contribution in [3.05, 3.63) is 60.7 Å². The Hall–Kier alpha value is -3.29. The number of benzene rings is 1. The van der Waals surface area contributed by atoms with E-state index in [4.69, 9.17) is 0 Å².